The lowest BCUT2D eigenvalue weighted by atomic mass is 10.2. The highest BCUT2D eigenvalue weighted by molar-refractivity contribution is 5.77. The molecule has 0 spiro atoms. The van der Waals surface area contributed by atoms with E-state index in [1.807, 2.05) is 0 Å². The third-order valence-electron chi connectivity index (χ3n) is 3.11. The van der Waals surface area contributed by atoms with E-state index in [1.54, 1.807) is 11.6 Å². The van der Waals surface area contributed by atoms with Crippen LogP contribution in [0.2, 0.25) is 0 Å². The molecule has 0 radical (unpaired) electrons. The van der Waals surface area contributed by atoms with Gasteiger partial charge in [0, 0.05) is 13.5 Å². The van der Waals surface area contributed by atoms with Gasteiger partial charge in [0.05, 0.1) is 22.7 Å². The van der Waals surface area contributed by atoms with Crippen LogP contribution in [0.5, 0.6) is 0 Å². The summed E-state index contributed by atoms with van der Waals surface area (Å²) in [6.45, 7) is -1.45. The van der Waals surface area contributed by atoms with Gasteiger partial charge >= 0.3 is 12.8 Å². The molecule has 0 amide bonds. The van der Waals surface area contributed by atoms with Gasteiger partial charge in [-0.1, -0.05) is 0 Å². The van der Waals surface area contributed by atoms with Crippen molar-refractivity contribution in [1.29, 1.82) is 0 Å². The second-order valence-electron chi connectivity index (χ2n) is 4.70. The Kier molecular flexibility index (Phi) is 4.18. The molecule has 0 aliphatic heterocycles. The molecule has 0 fully saturated rings. The predicted molar refractivity (Wildman–Crippen MR) is 66.0 cm³/mol. The van der Waals surface area contributed by atoms with Crippen molar-refractivity contribution < 1.29 is 26.7 Å². The number of aryl methyl sites for hydroxylation is 1. The molecule has 1 heterocycles. The van der Waals surface area contributed by atoms with Gasteiger partial charge in [-0.05, 0) is 25.1 Å². The summed E-state index contributed by atoms with van der Waals surface area (Å²) in [4.78, 5) is 4.07. The number of fused-ring (bicyclic) bond motifs is 1. The average molecular weight is 308 g/mol. The van der Waals surface area contributed by atoms with E-state index in [9.17, 15) is 22.0 Å². The Bertz CT molecular complexity index is 635. The van der Waals surface area contributed by atoms with Crippen molar-refractivity contribution in [3.63, 3.8) is 0 Å². The molecule has 0 N–H and O–H groups in total. The smallest absolute Gasteiger partial charge is 0.331 e. The zero-order valence-electron chi connectivity index (χ0n) is 11.3. The zero-order chi connectivity index (χ0) is 15.8. The molecule has 8 heteroatoms. The van der Waals surface area contributed by atoms with Crippen molar-refractivity contribution in [3.05, 3.63) is 29.6 Å². The highest BCUT2D eigenvalue weighted by Gasteiger charge is 2.31. The molecule has 0 unspecified atom stereocenters. The second kappa shape index (κ2) is 5.59. The van der Waals surface area contributed by atoms with Crippen molar-refractivity contribution in [1.82, 2.24) is 9.55 Å². The molecule has 0 saturated carbocycles. The minimum Gasteiger partial charge on any atom is -0.331 e. The maximum absolute atomic E-state index is 12.6. The predicted octanol–water partition coefficient (Wildman–Crippen LogP) is 3.76. The van der Waals surface area contributed by atoms with Crippen LogP contribution in [0.3, 0.4) is 0 Å². The Morgan fingerprint density at radius 3 is 2.52 bits per heavy atom. The van der Waals surface area contributed by atoms with Gasteiger partial charge in [0.2, 0.25) is 0 Å². The molecule has 0 aliphatic rings. The number of rotatable bonds is 4. The maximum Gasteiger partial charge on any atom is 0.416 e. The summed E-state index contributed by atoms with van der Waals surface area (Å²) < 4.78 is 68.0. The molecule has 0 aliphatic carbocycles. The fraction of sp³-hybridized carbons (Fsp3) is 0.462. The number of imidazole rings is 1. The minimum atomic E-state index is -4.45. The third-order valence-corrected chi connectivity index (χ3v) is 3.11. The van der Waals surface area contributed by atoms with Crippen LogP contribution in [0.4, 0.5) is 22.0 Å². The van der Waals surface area contributed by atoms with Crippen LogP contribution in [0.15, 0.2) is 18.2 Å². The fourth-order valence-corrected chi connectivity index (χ4v) is 2.09. The molecule has 0 bridgehead atoms. The zero-order valence-corrected chi connectivity index (χ0v) is 11.3. The van der Waals surface area contributed by atoms with E-state index in [0.717, 1.165) is 12.1 Å². The Morgan fingerprint density at radius 2 is 1.95 bits per heavy atom. The van der Waals surface area contributed by atoms with Gasteiger partial charge in [0.15, 0.2) is 0 Å². The summed E-state index contributed by atoms with van der Waals surface area (Å²) in [6.07, 6.45) is -5.16. The highest BCUT2D eigenvalue weighted by Crippen LogP contribution is 2.31. The summed E-state index contributed by atoms with van der Waals surface area (Å²) in [6, 6.07) is 3.22. The molecule has 1 aromatic carbocycles. The fourth-order valence-electron chi connectivity index (χ4n) is 2.09. The first-order valence-electron chi connectivity index (χ1n) is 6.14. The van der Waals surface area contributed by atoms with Crippen LogP contribution in [0.25, 0.3) is 11.0 Å². The second-order valence-corrected chi connectivity index (χ2v) is 4.70. The van der Waals surface area contributed by atoms with E-state index in [4.69, 9.17) is 0 Å². The van der Waals surface area contributed by atoms with Gasteiger partial charge in [-0.3, -0.25) is 0 Å². The number of aromatic nitrogens is 2. The SMILES string of the molecule is C[C@H](Cc1nc2cc(C(F)(F)F)ccc2n1C)OC(F)F. The summed E-state index contributed by atoms with van der Waals surface area (Å²) in [7, 11) is 1.62. The van der Waals surface area contributed by atoms with Crippen LogP contribution in [0, 0.1) is 0 Å². The highest BCUT2D eigenvalue weighted by atomic mass is 19.4. The number of hydrogen-bond acceptors (Lipinski definition) is 2. The minimum absolute atomic E-state index is 0.0802. The van der Waals surface area contributed by atoms with Gasteiger partial charge in [0.25, 0.3) is 0 Å². The number of halogens is 5. The van der Waals surface area contributed by atoms with Gasteiger partial charge in [-0.25, -0.2) is 4.98 Å². The molecule has 1 aromatic heterocycles. The Labute approximate surface area is 117 Å². The number of nitrogens with zero attached hydrogens (tertiary/aromatic N) is 2. The lowest BCUT2D eigenvalue weighted by Gasteiger charge is -2.11. The molecular formula is C13H13F5N2O. The molecular weight excluding hydrogens is 295 g/mol. The molecule has 21 heavy (non-hydrogen) atoms. The van der Waals surface area contributed by atoms with Gasteiger partial charge in [-0.15, -0.1) is 0 Å². The van der Waals surface area contributed by atoms with Gasteiger partial charge < -0.3 is 9.30 Å². The molecule has 2 rings (SSSR count). The maximum atomic E-state index is 12.6. The first-order chi connectivity index (χ1) is 9.68. The van der Waals surface area contributed by atoms with E-state index in [1.165, 1.54) is 13.0 Å². The lowest BCUT2D eigenvalue weighted by molar-refractivity contribution is -0.157. The topological polar surface area (TPSA) is 27.1 Å². The molecule has 3 nitrogen and oxygen atoms in total. The number of alkyl halides is 5. The van der Waals surface area contributed by atoms with Crippen LogP contribution in [-0.2, 0) is 24.4 Å². The third kappa shape index (κ3) is 3.49. The first kappa shape index (κ1) is 15.7. The quantitative estimate of drug-likeness (QED) is 0.804. The molecule has 2 aromatic rings. The van der Waals surface area contributed by atoms with E-state index >= 15 is 0 Å². The van der Waals surface area contributed by atoms with Gasteiger partial charge in [-0.2, -0.15) is 22.0 Å². The summed E-state index contributed by atoms with van der Waals surface area (Å²) in [5.74, 6) is 0.387. The van der Waals surface area contributed by atoms with Crippen LogP contribution < -0.4 is 0 Å². The first-order valence-corrected chi connectivity index (χ1v) is 6.14. The van der Waals surface area contributed by atoms with Crippen molar-refractivity contribution in [2.75, 3.05) is 0 Å². The van der Waals surface area contributed by atoms with E-state index in [0.29, 0.717) is 11.3 Å². The number of ether oxygens (including phenoxy) is 1. The Balaban J connectivity index is 2.32. The van der Waals surface area contributed by atoms with E-state index in [2.05, 4.69) is 9.72 Å². The van der Waals surface area contributed by atoms with Crippen molar-refractivity contribution in [2.24, 2.45) is 7.05 Å². The monoisotopic (exact) mass is 308 g/mol. The summed E-state index contributed by atoms with van der Waals surface area (Å²) in [5, 5.41) is 0. The molecule has 116 valence electrons. The standard InChI is InChI=1S/C13H13F5N2O/c1-7(21-12(14)15)5-11-19-9-6-8(13(16,17)18)3-4-10(9)20(11)2/h3-4,6-7,12H,5H2,1-2H3/t7-/m1/s1. The van der Waals surface area contributed by atoms with Crippen molar-refractivity contribution >= 4 is 11.0 Å². The molecule has 0 saturated heterocycles. The summed E-state index contributed by atoms with van der Waals surface area (Å²) in [5.41, 5.74) is -0.120. The van der Waals surface area contributed by atoms with Crippen LogP contribution in [-0.4, -0.2) is 22.3 Å². The summed E-state index contributed by atoms with van der Waals surface area (Å²) >= 11 is 0. The largest absolute Gasteiger partial charge is 0.416 e. The van der Waals surface area contributed by atoms with Crippen LogP contribution >= 0.6 is 0 Å². The number of hydrogen-bond donors (Lipinski definition) is 0. The van der Waals surface area contributed by atoms with E-state index in [-0.39, 0.29) is 11.9 Å². The lowest BCUT2D eigenvalue weighted by Crippen LogP contribution is -2.17. The van der Waals surface area contributed by atoms with Crippen molar-refractivity contribution in [3.8, 4) is 0 Å². The Morgan fingerprint density at radius 1 is 1.29 bits per heavy atom. The average Bonchev–Trinajstić information content (AvgIpc) is 2.63. The van der Waals surface area contributed by atoms with Gasteiger partial charge in [0.1, 0.15) is 5.82 Å². The number of benzene rings is 1. The van der Waals surface area contributed by atoms with Crippen molar-refractivity contribution in [2.45, 2.75) is 32.2 Å². The normalized spacial score (nSPS) is 14.1. The molecule has 1 atom stereocenters. The Hall–Kier alpha value is -1.70. The van der Waals surface area contributed by atoms with E-state index < -0.39 is 24.5 Å². The van der Waals surface area contributed by atoms with Crippen LogP contribution in [0.1, 0.15) is 18.3 Å².